The summed E-state index contributed by atoms with van der Waals surface area (Å²) in [6, 6.07) is 0. The number of anilines is 2. The van der Waals surface area contributed by atoms with E-state index in [1.54, 1.807) is 13.3 Å². The molecule has 18 heavy (non-hydrogen) atoms. The van der Waals surface area contributed by atoms with E-state index in [9.17, 15) is 0 Å². The van der Waals surface area contributed by atoms with Gasteiger partial charge in [0.1, 0.15) is 5.82 Å². The van der Waals surface area contributed by atoms with Gasteiger partial charge in [0, 0.05) is 32.6 Å². The lowest BCUT2D eigenvalue weighted by Crippen LogP contribution is -2.12. The second-order valence-electron chi connectivity index (χ2n) is 3.98. The Morgan fingerprint density at radius 2 is 2.22 bits per heavy atom. The van der Waals surface area contributed by atoms with E-state index in [-0.39, 0.29) is 0 Å². The number of rotatable bonds is 7. The number of hydrogen-bond acceptors (Lipinski definition) is 5. The molecule has 6 heteroatoms. The maximum Gasteiger partial charge on any atom is 0.180 e. The summed E-state index contributed by atoms with van der Waals surface area (Å²) in [6.07, 6.45) is 6.69. The summed E-state index contributed by atoms with van der Waals surface area (Å²) in [5, 5.41) is 6.51. The van der Waals surface area contributed by atoms with E-state index in [4.69, 9.17) is 4.74 Å². The van der Waals surface area contributed by atoms with E-state index in [0.717, 1.165) is 30.2 Å². The van der Waals surface area contributed by atoms with Gasteiger partial charge in [-0.05, 0) is 6.42 Å². The Labute approximate surface area is 106 Å². The van der Waals surface area contributed by atoms with E-state index >= 15 is 0 Å². The summed E-state index contributed by atoms with van der Waals surface area (Å²) in [7, 11) is 1.68. The molecular weight excluding hydrogens is 230 g/mol. The van der Waals surface area contributed by atoms with Crippen molar-refractivity contribution in [3.8, 4) is 0 Å². The predicted octanol–water partition coefficient (Wildman–Crippen LogP) is 1.61. The largest absolute Gasteiger partial charge is 0.383 e. The number of fused-ring (bicyclic) bond motifs is 1. The normalized spacial score (nSPS) is 10.8. The molecule has 2 aromatic heterocycles. The molecule has 0 saturated heterocycles. The Morgan fingerprint density at radius 1 is 1.33 bits per heavy atom. The average Bonchev–Trinajstić information content (AvgIpc) is 2.85. The Hall–Kier alpha value is -1.82. The molecular formula is C12H19N5O. The standard InChI is InChI=1S/C12H19N5O/c1-3-4-13-10-9-17-7-5-15-12(17)11(16-10)14-6-8-18-2/h5,7,9,13H,3-4,6,8H2,1-2H3,(H,14,16). The van der Waals surface area contributed by atoms with Crippen molar-refractivity contribution in [2.75, 3.05) is 37.4 Å². The number of aromatic nitrogens is 3. The minimum absolute atomic E-state index is 0.640. The summed E-state index contributed by atoms with van der Waals surface area (Å²) >= 11 is 0. The van der Waals surface area contributed by atoms with Gasteiger partial charge in [0.25, 0.3) is 0 Å². The SMILES string of the molecule is CCCNc1cn2ccnc2c(NCCOC)n1. The average molecular weight is 249 g/mol. The van der Waals surface area contributed by atoms with Crippen molar-refractivity contribution in [2.45, 2.75) is 13.3 Å². The van der Waals surface area contributed by atoms with Crippen LogP contribution in [0.5, 0.6) is 0 Å². The fourth-order valence-corrected chi connectivity index (χ4v) is 1.66. The molecule has 0 bridgehead atoms. The van der Waals surface area contributed by atoms with Crippen LogP contribution in [-0.4, -0.2) is 41.2 Å². The Bertz CT molecular complexity index is 496. The lowest BCUT2D eigenvalue weighted by molar-refractivity contribution is 0.210. The minimum Gasteiger partial charge on any atom is -0.383 e. The maximum atomic E-state index is 5.02. The highest BCUT2D eigenvalue weighted by atomic mass is 16.5. The van der Waals surface area contributed by atoms with Crippen LogP contribution in [0.2, 0.25) is 0 Å². The quantitative estimate of drug-likeness (QED) is 0.730. The van der Waals surface area contributed by atoms with Gasteiger partial charge in [0.15, 0.2) is 11.5 Å². The first-order valence-corrected chi connectivity index (χ1v) is 6.15. The van der Waals surface area contributed by atoms with Gasteiger partial charge >= 0.3 is 0 Å². The summed E-state index contributed by atoms with van der Waals surface area (Å²) in [4.78, 5) is 8.81. The number of imidazole rings is 1. The molecule has 6 nitrogen and oxygen atoms in total. The third-order valence-electron chi connectivity index (χ3n) is 2.53. The van der Waals surface area contributed by atoms with Crippen molar-refractivity contribution < 1.29 is 4.74 Å². The van der Waals surface area contributed by atoms with Crippen LogP contribution in [0.4, 0.5) is 11.6 Å². The first-order chi connectivity index (χ1) is 8.85. The number of nitrogens with zero attached hydrogens (tertiary/aromatic N) is 3. The maximum absolute atomic E-state index is 5.02. The molecule has 2 N–H and O–H groups in total. The van der Waals surface area contributed by atoms with Gasteiger partial charge in [-0.15, -0.1) is 0 Å². The van der Waals surface area contributed by atoms with Crippen molar-refractivity contribution in [2.24, 2.45) is 0 Å². The number of methoxy groups -OCH3 is 1. The summed E-state index contributed by atoms with van der Waals surface area (Å²) in [5.74, 6) is 1.63. The van der Waals surface area contributed by atoms with Crippen LogP contribution in [0.25, 0.3) is 5.65 Å². The third-order valence-corrected chi connectivity index (χ3v) is 2.53. The molecule has 0 radical (unpaired) electrons. The zero-order valence-electron chi connectivity index (χ0n) is 10.8. The van der Waals surface area contributed by atoms with Crippen molar-refractivity contribution in [1.29, 1.82) is 0 Å². The van der Waals surface area contributed by atoms with Crippen molar-refractivity contribution in [3.05, 3.63) is 18.6 Å². The molecule has 0 aromatic carbocycles. The fraction of sp³-hybridized carbons (Fsp3) is 0.500. The summed E-state index contributed by atoms with van der Waals surface area (Å²) < 4.78 is 6.98. The number of hydrogen-bond donors (Lipinski definition) is 2. The van der Waals surface area contributed by atoms with E-state index in [0.29, 0.717) is 13.2 Å². The molecule has 2 rings (SSSR count). The van der Waals surface area contributed by atoms with Crippen LogP contribution in [0, 0.1) is 0 Å². The van der Waals surface area contributed by atoms with E-state index in [2.05, 4.69) is 27.5 Å². The van der Waals surface area contributed by atoms with Gasteiger partial charge in [-0.2, -0.15) is 0 Å². The molecule has 0 unspecified atom stereocenters. The van der Waals surface area contributed by atoms with Crippen molar-refractivity contribution in [1.82, 2.24) is 14.4 Å². The zero-order valence-corrected chi connectivity index (χ0v) is 10.8. The smallest absolute Gasteiger partial charge is 0.180 e. The van der Waals surface area contributed by atoms with Crippen LogP contribution >= 0.6 is 0 Å². The Morgan fingerprint density at radius 3 is 3.00 bits per heavy atom. The van der Waals surface area contributed by atoms with Crippen molar-refractivity contribution >= 4 is 17.3 Å². The lowest BCUT2D eigenvalue weighted by Gasteiger charge is -2.10. The summed E-state index contributed by atoms with van der Waals surface area (Å²) in [6.45, 7) is 4.38. The van der Waals surface area contributed by atoms with Crippen LogP contribution in [0.15, 0.2) is 18.6 Å². The summed E-state index contributed by atoms with van der Waals surface area (Å²) in [5.41, 5.74) is 0.827. The highest BCUT2D eigenvalue weighted by Crippen LogP contribution is 2.16. The first kappa shape index (κ1) is 12.6. The lowest BCUT2D eigenvalue weighted by atomic mass is 10.4. The number of nitrogens with one attached hydrogen (secondary N) is 2. The predicted molar refractivity (Wildman–Crippen MR) is 72.1 cm³/mol. The van der Waals surface area contributed by atoms with Crippen molar-refractivity contribution in [3.63, 3.8) is 0 Å². The second kappa shape index (κ2) is 6.20. The fourth-order valence-electron chi connectivity index (χ4n) is 1.66. The van der Waals surface area contributed by atoms with Gasteiger partial charge < -0.3 is 19.8 Å². The van der Waals surface area contributed by atoms with Gasteiger partial charge in [0.2, 0.25) is 0 Å². The van der Waals surface area contributed by atoms with Crippen LogP contribution in [-0.2, 0) is 4.74 Å². The van der Waals surface area contributed by atoms with Gasteiger partial charge in [-0.3, -0.25) is 0 Å². The molecule has 0 amide bonds. The molecule has 0 aliphatic carbocycles. The monoisotopic (exact) mass is 249 g/mol. The second-order valence-corrected chi connectivity index (χ2v) is 3.98. The zero-order chi connectivity index (χ0) is 12.8. The van der Waals surface area contributed by atoms with Gasteiger partial charge in [-0.1, -0.05) is 6.92 Å². The highest BCUT2D eigenvalue weighted by Gasteiger charge is 2.06. The number of ether oxygens (including phenoxy) is 1. The third kappa shape index (κ3) is 2.89. The van der Waals surface area contributed by atoms with E-state index in [1.807, 2.05) is 16.8 Å². The first-order valence-electron chi connectivity index (χ1n) is 6.15. The molecule has 0 atom stereocenters. The van der Waals surface area contributed by atoms with Crippen LogP contribution < -0.4 is 10.6 Å². The molecule has 2 aromatic rings. The Balaban J connectivity index is 2.21. The molecule has 98 valence electrons. The molecule has 0 spiro atoms. The topological polar surface area (TPSA) is 63.5 Å². The molecule has 0 fully saturated rings. The molecule has 0 saturated carbocycles. The molecule has 0 aliphatic heterocycles. The van der Waals surface area contributed by atoms with Gasteiger partial charge in [-0.25, -0.2) is 9.97 Å². The van der Waals surface area contributed by atoms with E-state index in [1.165, 1.54) is 0 Å². The Kier molecular flexibility index (Phi) is 4.35. The van der Waals surface area contributed by atoms with Gasteiger partial charge in [0.05, 0.1) is 12.8 Å². The van der Waals surface area contributed by atoms with E-state index < -0.39 is 0 Å². The van der Waals surface area contributed by atoms with Crippen LogP contribution in [0.3, 0.4) is 0 Å². The molecule has 2 heterocycles. The highest BCUT2D eigenvalue weighted by molar-refractivity contribution is 5.65. The molecule has 0 aliphatic rings. The van der Waals surface area contributed by atoms with Crippen LogP contribution in [0.1, 0.15) is 13.3 Å². The minimum atomic E-state index is 0.640.